The van der Waals surface area contributed by atoms with Crippen molar-refractivity contribution in [3.05, 3.63) is 102 Å². The van der Waals surface area contributed by atoms with E-state index in [0.717, 1.165) is 16.8 Å². The first kappa shape index (κ1) is 24.2. The number of ether oxygens (including phenoxy) is 1. The molecule has 4 rings (SSSR count). The average molecular weight is 484 g/mol. The lowest BCUT2D eigenvalue weighted by molar-refractivity contribution is -0.117. The molecule has 0 unspecified atom stereocenters. The molecular formula is C27H25N5O4. The third-order valence-corrected chi connectivity index (χ3v) is 5.44. The number of carbonyl (C=O) groups excluding carboxylic acids is 3. The van der Waals surface area contributed by atoms with Crippen LogP contribution < -0.4 is 21.1 Å². The van der Waals surface area contributed by atoms with Crippen molar-refractivity contribution >= 4 is 17.7 Å². The highest BCUT2D eigenvalue weighted by Gasteiger charge is 2.19. The maximum Gasteiger partial charge on any atom is 0.255 e. The lowest BCUT2D eigenvalue weighted by Gasteiger charge is -2.08. The Morgan fingerprint density at radius 2 is 1.58 bits per heavy atom. The van der Waals surface area contributed by atoms with E-state index in [1.807, 2.05) is 54.6 Å². The van der Waals surface area contributed by atoms with E-state index in [4.69, 9.17) is 10.5 Å². The number of hydrogen-bond acceptors (Lipinski definition) is 5. The summed E-state index contributed by atoms with van der Waals surface area (Å²) in [6.07, 6.45) is 1.70. The second-order valence-corrected chi connectivity index (χ2v) is 7.93. The van der Waals surface area contributed by atoms with Crippen molar-refractivity contribution in [2.45, 2.75) is 6.54 Å². The zero-order valence-electron chi connectivity index (χ0n) is 19.6. The van der Waals surface area contributed by atoms with Crippen LogP contribution in [0.25, 0.3) is 16.9 Å². The highest BCUT2D eigenvalue weighted by molar-refractivity contribution is 6.00. The van der Waals surface area contributed by atoms with E-state index in [-0.39, 0.29) is 19.0 Å². The number of nitrogens with zero attached hydrogens (tertiary/aromatic N) is 2. The van der Waals surface area contributed by atoms with Gasteiger partial charge in [0.1, 0.15) is 11.4 Å². The van der Waals surface area contributed by atoms with Crippen LogP contribution in [0, 0.1) is 0 Å². The van der Waals surface area contributed by atoms with Gasteiger partial charge in [0.15, 0.2) is 0 Å². The second-order valence-electron chi connectivity index (χ2n) is 7.93. The number of nitrogens with one attached hydrogen (secondary N) is 2. The number of nitrogens with two attached hydrogens (primary N) is 1. The molecule has 3 amide bonds. The summed E-state index contributed by atoms with van der Waals surface area (Å²) in [5.74, 6) is -0.598. The highest BCUT2D eigenvalue weighted by Crippen LogP contribution is 2.26. The molecule has 182 valence electrons. The number of amides is 3. The predicted molar refractivity (Wildman–Crippen MR) is 135 cm³/mol. The molecule has 0 saturated heterocycles. The van der Waals surface area contributed by atoms with Gasteiger partial charge < -0.3 is 21.1 Å². The molecule has 0 aliphatic carbocycles. The van der Waals surface area contributed by atoms with E-state index in [1.54, 1.807) is 42.3 Å². The molecule has 0 radical (unpaired) electrons. The van der Waals surface area contributed by atoms with Gasteiger partial charge in [0.2, 0.25) is 5.91 Å². The molecule has 0 fully saturated rings. The summed E-state index contributed by atoms with van der Waals surface area (Å²) in [6.45, 7) is 0.0183. The van der Waals surface area contributed by atoms with Crippen LogP contribution in [0.15, 0.2) is 85.1 Å². The third kappa shape index (κ3) is 5.76. The lowest BCUT2D eigenvalue weighted by Crippen LogP contribution is -2.33. The highest BCUT2D eigenvalue weighted by atomic mass is 16.5. The molecule has 0 aliphatic rings. The normalized spacial score (nSPS) is 10.5. The maximum absolute atomic E-state index is 13.2. The molecule has 0 aliphatic heterocycles. The number of carbonyl (C=O) groups is 3. The van der Waals surface area contributed by atoms with E-state index in [1.165, 1.54) is 0 Å². The molecule has 1 aromatic heterocycles. The van der Waals surface area contributed by atoms with Crippen molar-refractivity contribution in [3.63, 3.8) is 0 Å². The summed E-state index contributed by atoms with van der Waals surface area (Å²) in [5, 5.41) is 10.0. The molecule has 4 N–H and O–H groups in total. The Morgan fingerprint density at radius 3 is 2.22 bits per heavy atom. The first-order valence-corrected chi connectivity index (χ1v) is 11.2. The first-order valence-electron chi connectivity index (χ1n) is 11.2. The van der Waals surface area contributed by atoms with Crippen molar-refractivity contribution < 1.29 is 19.1 Å². The van der Waals surface area contributed by atoms with E-state index >= 15 is 0 Å². The summed E-state index contributed by atoms with van der Waals surface area (Å²) in [7, 11) is 1.60. The van der Waals surface area contributed by atoms with Crippen molar-refractivity contribution in [1.29, 1.82) is 0 Å². The fourth-order valence-electron chi connectivity index (χ4n) is 3.54. The minimum Gasteiger partial charge on any atom is -0.497 e. The first-order chi connectivity index (χ1) is 17.4. The van der Waals surface area contributed by atoms with Gasteiger partial charge >= 0.3 is 0 Å². The molecule has 0 saturated carbocycles. The summed E-state index contributed by atoms with van der Waals surface area (Å²) in [4.78, 5) is 36.1. The van der Waals surface area contributed by atoms with Crippen LogP contribution in [0.3, 0.4) is 0 Å². The number of para-hydroxylation sites is 1. The fraction of sp³-hybridized carbons (Fsp3) is 0.111. The van der Waals surface area contributed by atoms with Crippen LogP contribution >= 0.6 is 0 Å². The van der Waals surface area contributed by atoms with E-state index in [2.05, 4.69) is 15.7 Å². The molecular weight excluding hydrogens is 458 g/mol. The Balaban J connectivity index is 1.52. The Morgan fingerprint density at radius 1 is 0.889 bits per heavy atom. The molecule has 0 atom stereocenters. The van der Waals surface area contributed by atoms with Crippen molar-refractivity contribution in [2.75, 3.05) is 13.7 Å². The van der Waals surface area contributed by atoms with E-state index in [0.29, 0.717) is 22.6 Å². The maximum atomic E-state index is 13.2. The molecule has 4 aromatic rings. The van der Waals surface area contributed by atoms with Gasteiger partial charge in [0, 0.05) is 23.9 Å². The predicted octanol–water partition coefficient (Wildman–Crippen LogP) is 2.69. The monoisotopic (exact) mass is 483 g/mol. The van der Waals surface area contributed by atoms with Gasteiger partial charge in [-0.05, 0) is 54.1 Å². The fourth-order valence-corrected chi connectivity index (χ4v) is 3.54. The Bertz CT molecular complexity index is 1360. The van der Waals surface area contributed by atoms with Crippen LogP contribution in [-0.2, 0) is 11.3 Å². The summed E-state index contributed by atoms with van der Waals surface area (Å²) in [5.41, 5.74) is 8.81. The van der Waals surface area contributed by atoms with Crippen LogP contribution in [0.1, 0.15) is 26.3 Å². The molecule has 3 aromatic carbocycles. The third-order valence-electron chi connectivity index (χ3n) is 5.44. The van der Waals surface area contributed by atoms with E-state index < -0.39 is 11.8 Å². The van der Waals surface area contributed by atoms with Gasteiger partial charge in [-0.2, -0.15) is 5.10 Å². The second kappa shape index (κ2) is 11.0. The van der Waals surface area contributed by atoms with Gasteiger partial charge in [-0.25, -0.2) is 4.68 Å². The standard InChI is InChI=1S/C27H25N5O4/c1-36-22-13-11-19(12-14-22)25-23(17-32(31-25)21-5-3-2-4-6-21)27(35)29-15-18-7-9-20(10-8-18)26(34)30-16-24(28)33/h2-14,17H,15-16H2,1H3,(H2,28,33)(H,29,35)(H,30,34). The average Bonchev–Trinajstić information content (AvgIpc) is 3.37. The molecule has 0 spiro atoms. The van der Waals surface area contributed by atoms with Gasteiger partial charge in [-0.1, -0.05) is 30.3 Å². The summed E-state index contributed by atoms with van der Waals surface area (Å²) >= 11 is 0. The van der Waals surface area contributed by atoms with Crippen LogP contribution in [-0.4, -0.2) is 41.2 Å². The summed E-state index contributed by atoms with van der Waals surface area (Å²) < 4.78 is 6.92. The topological polar surface area (TPSA) is 128 Å². The number of primary amides is 1. The number of benzene rings is 3. The van der Waals surface area contributed by atoms with Gasteiger partial charge in [-0.3, -0.25) is 14.4 Å². The Labute approximate surface area is 207 Å². The van der Waals surface area contributed by atoms with Crippen LogP contribution in [0.5, 0.6) is 5.75 Å². The van der Waals surface area contributed by atoms with Crippen LogP contribution in [0.4, 0.5) is 0 Å². The molecule has 9 nitrogen and oxygen atoms in total. The minimum atomic E-state index is -0.618. The lowest BCUT2D eigenvalue weighted by atomic mass is 10.1. The van der Waals surface area contributed by atoms with Crippen molar-refractivity contribution in [3.8, 4) is 22.7 Å². The van der Waals surface area contributed by atoms with E-state index in [9.17, 15) is 14.4 Å². The SMILES string of the molecule is COc1ccc(-c2nn(-c3ccccc3)cc2C(=O)NCc2ccc(C(=O)NCC(N)=O)cc2)cc1. The van der Waals surface area contributed by atoms with Gasteiger partial charge in [0.05, 0.1) is 24.9 Å². The zero-order valence-corrected chi connectivity index (χ0v) is 19.6. The van der Waals surface area contributed by atoms with Crippen LogP contribution in [0.2, 0.25) is 0 Å². The smallest absolute Gasteiger partial charge is 0.255 e. The van der Waals surface area contributed by atoms with Gasteiger partial charge in [0.25, 0.3) is 11.8 Å². The number of hydrogen-bond donors (Lipinski definition) is 3. The molecule has 9 heteroatoms. The molecule has 0 bridgehead atoms. The van der Waals surface area contributed by atoms with Gasteiger partial charge in [-0.15, -0.1) is 0 Å². The molecule has 1 heterocycles. The minimum absolute atomic E-state index is 0.232. The number of aromatic nitrogens is 2. The van der Waals surface area contributed by atoms with Crippen molar-refractivity contribution in [1.82, 2.24) is 20.4 Å². The number of rotatable bonds is 9. The zero-order chi connectivity index (χ0) is 25.5. The van der Waals surface area contributed by atoms with Crippen molar-refractivity contribution in [2.24, 2.45) is 5.73 Å². The largest absolute Gasteiger partial charge is 0.497 e. The Kier molecular flexibility index (Phi) is 7.40. The quantitative estimate of drug-likeness (QED) is 0.337. The summed E-state index contributed by atoms with van der Waals surface area (Å²) in [6, 6.07) is 23.6. The Hall–Kier alpha value is -4.92. The molecule has 36 heavy (non-hydrogen) atoms. The number of methoxy groups -OCH3 is 1.